The molecule has 1 atom stereocenters. The molecule has 22 heavy (non-hydrogen) atoms. The monoisotopic (exact) mass is 309 g/mol. The van der Waals surface area contributed by atoms with Gasteiger partial charge in [0.05, 0.1) is 13.2 Å². The van der Waals surface area contributed by atoms with E-state index in [1.807, 2.05) is 0 Å². The Morgan fingerprint density at radius 3 is 2.23 bits per heavy atom. The van der Waals surface area contributed by atoms with E-state index in [2.05, 4.69) is 18.5 Å². The first-order valence-corrected chi connectivity index (χ1v) is 8.00. The van der Waals surface area contributed by atoms with Crippen molar-refractivity contribution in [2.24, 2.45) is 5.92 Å². The maximum Gasteiger partial charge on any atom is 0.407 e. The highest BCUT2D eigenvalue weighted by atomic mass is 16.6. The summed E-state index contributed by atoms with van der Waals surface area (Å²) in [4.78, 5) is 24.1. The summed E-state index contributed by atoms with van der Waals surface area (Å²) < 4.78 is 10.3. The van der Waals surface area contributed by atoms with E-state index in [0.29, 0.717) is 19.4 Å². The molecular weight excluding hydrogens is 282 g/mol. The van der Waals surface area contributed by atoms with Gasteiger partial charge in [-0.3, -0.25) is 0 Å². The molecule has 1 N–H and O–H groups in total. The predicted molar refractivity (Wildman–Crippen MR) is 85.4 cm³/mol. The predicted octanol–water partition coefficient (Wildman–Crippen LogP) is 3.36. The minimum atomic E-state index is -0.624. The lowest BCUT2D eigenvalue weighted by Crippen LogP contribution is -2.47. The van der Waals surface area contributed by atoms with E-state index in [1.165, 1.54) is 6.42 Å². The second-order valence-electron chi connectivity index (χ2n) is 5.48. The first-order chi connectivity index (χ1) is 10.7. The van der Waals surface area contributed by atoms with Gasteiger partial charge in [-0.25, -0.2) is 9.59 Å². The van der Waals surface area contributed by atoms with Crippen LogP contribution in [0.15, 0.2) is 25.3 Å². The molecule has 0 radical (unpaired) electrons. The van der Waals surface area contributed by atoms with Crippen molar-refractivity contribution in [3.05, 3.63) is 25.3 Å². The molecule has 0 aliphatic heterocycles. The highest BCUT2D eigenvalue weighted by Crippen LogP contribution is 2.27. The Hall–Kier alpha value is -1.78. The molecule has 0 aromatic carbocycles. The van der Waals surface area contributed by atoms with Gasteiger partial charge in [-0.05, 0) is 31.6 Å². The third-order valence-corrected chi connectivity index (χ3v) is 3.77. The van der Waals surface area contributed by atoms with Crippen LogP contribution in [0, 0.1) is 5.92 Å². The summed E-state index contributed by atoms with van der Waals surface area (Å²) in [6, 6.07) is -0.624. The topological polar surface area (TPSA) is 64.6 Å². The van der Waals surface area contributed by atoms with E-state index in [0.717, 1.165) is 25.7 Å². The SMILES string of the molecule is C=CCCOC(=O)NC(C(=O)OCCC=C)C1CCCCC1. The maximum absolute atomic E-state index is 12.2. The lowest BCUT2D eigenvalue weighted by Gasteiger charge is -2.29. The molecule has 0 heterocycles. The Morgan fingerprint density at radius 1 is 1.05 bits per heavy atom. The molecule has 0 aromatic heterocycles. The van der Waals surface area contributed by atoms with Gasteiger partial charge in [0.2, 0.25) is 0 Å². The molecule has 1 aliphatic carbocycles. The van der Waals surface area contributed by atoms with E-state index in [1.54, 1.807) is 12.2 Å². The molecule has 1 saturated carbocycles. The second kappa shape index (κ2) is 10.9. The average molecular weight is 309 g/mol. The van der Waals surface area contributed by atoms with Crippen LogP contribution in [0.2, 0.25) is 0 Å². The van der Waals surface area contributed by atoms with Gasteiger partial charge >= 0.3 is 12.1 Å². The Morgan fingerprint density at radius 2 is 1.64 bits per heavy atom. The molecular formula is C17H27NO4. The van der Waals surface area contributed by atoms with Crippen LogP contribution in [0.3, 0.4) is 0 Å². The number of hydrogen-bond donors (Lipinski definition) is 1. The standard InChI is InChI=1S/C17H27NO4/c1-3-5-12-21-16(19)15(14-10-8-7-9-11-14)18-17(20)22-13-6-4-2/h3-4,14-15H,1-2,5-13H2,(H,18,20). The highest BCUT2D eigenvalue weighted by molar-refractivity contribution is 5.81. The second-order valence-corrected chi connectivity index (χ2v) is 5.48. The number of amides is 1. The first-order valence-electron chi connectivity index (χ1n) is 8.00. The number of ether oxygens (including phenoxy) is 2. The summed E-state index contributed by atoms with van der Waals surface area (Å²) in [5.74, 6) is -0.258. The van der Waals surface area contributed by atoms with Gasteiger partial charge in [-0.1, -0.05) is 31.4 Å². The Balaban J connectivity index is 2.55. The third kappa shape index (κ3) is 6.78. The first kappa shape index (κ1) is 18.3. The summed E-state index contributed by atoms with van der Waals surface area (Å²) >= 11 is 0. The van der Waals surface area contributed by atoms with Gasteiger partial charge in [0.15, 0.2) is 0 Å². The number of esters is 1. The third-order valence-electron chi connectivity index (χ3n) is 3.77. The average Bonchev–Trinajstić information content (AvgIpc) is 2.54. The Kier molecular flexibility index (Phi) is 9.03. The van der Waals surface area contributed by atoms with E-state index in [-0.39, 0.29) is 18.5 Å². The van der Waals surface area contributed by atoms with E-state index in [9.17, 15) is 9.59 Å². The minimum absolute atomic E-state index is 0.122. The van der Waals surface area contributed by atoms with Crippen molar-refractivity contribution in [2.75, 3.05) is 13.2 Å². The zero-order valence-corrected chi connectivity index (χ0v) is 13.2. The smallest absolute Gasteiger partial charge is 0.407 e. The van der Waals surface area contributed by atoms with Gasteiger partial charge in [-0.2, -0.15) is 0 Å². The van der Waals surface area contributed by atoms with Crippen LogP contribution in [0.4, 0.5) is 4.79 Å². The summed E-state index contributed by atoms with van der Waals surface area (Å²) in [5.41, 5.74) is 0. The fraction of sp³-hybridized carbons (Fsp3) is 0.647. The van der Waals surface area contributed by atoms with Crippen LogP contribution in [0.25, 0.3) is 0 Å². The van der Waals surface area contributed by atoms with Crippen molar-refractivity contribution < 1.29 is 19.1 Å². The zero-order valence-electron chi connectivity index (χ0n) is 13.2. The lowest BCUT2D eigenvalue weighted by atomic mass is 9.84. The molecule has 124 valence electrons. The largest absolute Gasteiger partial charge is 0.464 e. The van der Waals surface area contributed by atoms with E-state index in [4.69, 9.17) is 9.47 Å². The van der Waals surface area contributed by atoms with Gasteiger partial charge in [0.1, 0.15) is 6.04 Å². The molecule has 0 saturated heterocycles. The highest BCUT2D eigenvalue weighted by Gasteiger charge is 2.32. The Bertz CT molecular complexity index is 375. The van der Waals surface area contributed by atoms with Crippen molar-refractivity contribution in [3.63, 3.8) is 0 Å². The number of nitrogens with one attached hydrogen (secondary N) is 1. The van der Waals surface area contributed by atoms with E-state index < -0.39 is 12.1 Å². The van der Waals surface area contributed by atoms with Crippen molar-refractivity contribution in [3.8, 4) is 0 Å². The molecule has 0 bridgehead atoms. The molecule has 1 unspecified atom stereocenters. The van der Waals surface area contributed by atoms with Crippen molar-refractivity contribution in [1.29, 1.82) is 0 Å². The van der Waals surface area contributed by atoms with Crippen molar-refractivity contribution >= 4 is 12.1 Å². The fourth-order valence-corrected chi connectivity index (χ4v) is 2.57. The Labute approximate surface area is 132 Å². The summed E-state index contributed by atoms with van der Waals surface area (Å²) in [7, 11) is 0. The summed E-state index contributed by atoms with van der Waals surface area (Å²) in [6.45, 7) is 7.71. The van der Waals surface area contributed by atoms with Crippen LogP contribution in [-0.4, -0.2) is 31.3 Å². The fourth-order valence-electron chi connectivity index (χ4n) is 2.57. The lowest BCUT2D eigenvalue weighted by molar-refractivity contribution is -0.147. The van der Waals surface area contributed by atoms with Crippen LogP contribution >= 0.6 is 0 Å². The zero-order chi connectivity index (χ0) is 16.2. The van der Waals surface area contributed by atoms with Gasteiger partial charge in [0.25, 0.3) is 0 Å². The molecule has 0 aromatic rings. The minimum Gasteiger partial charge on any atom is -0.464 e. The number of alkyl carbamates (subject to hydrolysis) is 1. The summed E-state index contributed by atoms with van der Waals surface area (Å²) in [6.07, 6.45) is 9.18. The van der Waals surface area contributed by atoms with Crippen LogP contribution in [0.5, 0.6) is 0 Å². The normalized spacial score (nSPS) is 16.4. The number of rotatable bonds is 9. The van der Waals surface area contributed by atoms with Gasteiger partial charge in [0, 0.05) is 0 Å². The molecule has 5 nitrogen and oxygen atoms in total. The van der Waals surface area contributed by atoms with E-state index >= 15 is 0 Å². The van der Waals surface area contributed by atoms with Crippen LogP contribution < -0.4 is 5.32 Å². The number of carbonyl (C=O) groups is 2. The van der Waals surface area contributed by atoms with Crippen molar-refractivity contribution in [1.82, 2.24) is 5.32 Å². The van der Waals surface area contributed by atoms with Crippen LogP contribution in [-0.2, 0) is 14.3 Å². The van der Waals surface area contributed by atoms with Crippen molar-refractivity contribution in [2.45, 2.75) is 51.0 Å². The van der Waals surface area contributed by atoms with Gasteiger partial charge < -0.3 is 14.8 Å². The number of hydrogen-bond acceptors (Lipinski definition) is 4. The molecule has 1 fully saturated rings. The van der Waals surface area contributed by atoms with Crippen LogP contribution in [0.1, 0.15) is 44.9 Å². The molecule has 0 spiro atoms. The number of carbonyl (C=O) groups excluding carboxylic acids is 2. The molecule has 1 aliphatic rings. The summed E-state index contributed by atoms with van der Waals surface area (Å²) in [5, 5.41) is 2.68. The maximum atomic E-state index is 12.2. The van der Waals surface area contributed by atoms with Gasteiger partial charge in [-0.15, -0.1) is 13.2 Å². The molecule has 1 rings (SSSR count). The molecule has 1 amide bonds. The quantitative estimate of drug-likeness (QED) is 0.403. The molecule has 5 heteroatoms.